The summed E-state index contributed by atoms with van der Waals surface area (Å²) in [4.78, 5) is 28.9. The van der Waals surface area contributed by atoms with Crippen molar-refractivity contribution in [2.24, 2.45) is 5.92 Å². The standard InChI is InChI=1S/C22H28N4O4S/c1-17(2)20(24-31(29,30)19-11-7-4-8-12-19)21(27)25-13-15-26(16-14-25)22(28)23-18-9-5-3-6-10-18/h3-12,17,20,24H,13-16H2,1-2H3,(H,23,28)/t20-/m0/s1. The zero-order valence-electron chi connectivity index (χ0n) is 17.7. The molecular formula is C22H28N4O4S. The summed E-state index contributed by atoms with van der Waals surface area (Å²) in [6, 6.07) is 16.1. The van der Waals surface area contributed by atoms with Crippen LogP contribution in [0.4, 0.5) is 10.5 Å². The first-order valence-corrected chi connectivity index (χ1v) is 11.7. The predicted molar refractivity (Wildman–Crippen MR) is 119 cm³/mol. The molecular weight excluding hydrogens is 416 g/mol. The van der Waals surface area contributed by atoms with Gasteiger partial charge in [-0.25, -0.2) is 13.2 Å². The fourth-order valence-electron chi connectivity index (χ4n) is 3.36. The molecule has 0 bridgehead atoms. The van der Waals surface area contributed by atoms with Crippen molar-refractivity contribution in [2.45, 2.75) is 24.8 Å². The highest BCUT2D eigenvalue weighted by Gasteiger charge is 2.33. The van der Waals surface area contributed by atoms with Gasteiger partial charge in [-0.05, 0) is 30.2 Å². The van der Waals surface area contributed by atoms with Gasteiger partial charge in [-0.1, -0.05) is 50.2 Å². The zero-order valence-corrected chi connectivity index (χ0v) is 18.5. The maximum Gasteiger partial charge on any atom is 0.321 e. The fourth-order valence-corrected chi connectivity index (χ4v) is 4.72. The van der Waals surface area contributed by atoms with Crippen molar-refractivity contribution < 1.29 is 18.0 Å². The number of piperazine rings is 1. The topological polar surface area (TPSA) is 98.8 Å². The number of carbonyl (C=O) groups is 2. The van der Waals surface area contributed by atoms with E-state index in [1.165, 1.54) is 12.1 Å². The third-order valence-electron chi connectivity index (χ3n) is 5.17. The monoisotopic (exact) mass is 444 g/mol. The minimum Gasteiger partial charge on any atom is -0.338 e. The number of urea groups is 1. The number of sulfonamides is 1. The summed E-state index contributed by atoms with van der Waals surface area (Å²) >= 11 is 0. The fraction of sp³-hybridized carbons (Fsp3) is 0.364. The molecule has 31 heavy (non-hydrogen) atoms. The minimum absolute atomic E-state index is 0.121. The summed E-state index contributed by atoms with van der Waals surface area (Å²) in [5.74, 6) is -0.511. The maximum atomic E-state index is 13.1. The molecule has 1 aliphatic heterocycles. The van der Waals surface area contributed by atoms with Gasteiger partial charge in [-0.3, -0.25) is 4.79 Å². The molecule has 1 heterocycles. The van der Waals surface area contributed by atoms with E-state index in [9.17, 15) is 18.0 Å². The van der Waals surface area contributed by atoms with Gasteiger partial charge >= 0.3 is 6.03 Å². The Bertz CT molecular complexity index is 989. The Morgan fingerprint density at radius 1 is 0.839 bits per heavy atom. The van der Waals surface area contributed by atoms with Gasteiger partial charge in [0.25, 0.3) is 0 Å². The van der Waals surface area contributed by atoms with Crippen LogP contribution >= 0.6 is 0 Å². The number of para-hydroxylation sites is 1. The van der Waals surface area contributed by atoms with E-state index < -0.39 is 16.1 Å². The molecule has 9 heteroatoms. The van der Waals surface area contributed by atoms with Crippen molar-refractivity contribution in [3.05, 3.63) is 60.7 Å². The number of hydrogen-bond acceptors (Lipinski definition) is 4. The van der Waals surface area contributed by atoms with E-state index in [4.69, 9.17) is 0 Å². The smallest absolute Gasteiger partial charge is 0.321 e. The lowest BCUT2D eigenvalue weighted by Crippen LogP contribution is -2.57. The van der Waals surface area contributed by atoms with Crippen LogP contribution in [0.2, 0.25) is 0 Å². The summed E-state index contributed by atoms with van der Waals surface area (Å²) in [5.41, 5.74) is 0.709. The van der Waals surface area contributed by atoms with Crippen molar-refractivity contribution in [3.63, 3.8) is 0 Å². The summed E-state index contributed by atoms with van der Waals surface area (Å²) in [6.07, 6.45) is 0. The van der Waals surface area contributed by atoms with E-state index in [0.717, 1.165) is 0 Å². The van der Waals surface area contributed by atoms with Crippen LogP contribution in [0.15, 0.2) is 65.6 Å². The first-order chi connectivity index (χ1) is 14.8. The van der Waals surface area contributed by atoms with Crippen molar-refractivity contribution in [2.75, 3.05) is 31.5 Å². The van der Waals surface area contributed by atoms with E-state index in [1.807, 2.05) is 30.3 Å². The van der Waals surface area contributed by atoms with Crippen LogP contribution in [0.3, 0.4) is 0 Å². The Morgan fingerprint density at radius 3 is 1.90 bits per heavy atom. The van der Waals surface area contributed by atoms with E-state index in [0.29, 0.717) is 31.9 Å². The molecule has 1 atom stereocenters. The molecule has 3 amide bonds. The number of hydrogen-bond donors (Lipinski definition) is 2. The van der Waals surface area contributed by atoms with Crippen LogP contribution < -0.4 is 10.0 Å². The number of benzene rings is 2. The highest BCUT2D eigenvalue weighted by molar-refractivity contribution is 7.89. The van der Waals surface area contributed by atoms with E-state index in [-0.39, 0.29) is 22.8 Å². The summed E-state index contributed by atoms with van der Waals surface area (Å²) in [6.45, 7) is 5.05. The molecule has 0 unspecified atom stereocenters. The van der Waals surface area contributed by atoms with Crippen LogP contribution in [-0.4, -0.2) is 62.4 Å². The van der Waals surface area contributed by atoms with Crippen molar-refractivity contribution in [1.82, 2.24) is 14.5 Å². The molecule has 1 aliphatic rings. The molecule has 8 nitrogen and oxygen atoms in total. The summed E-state index contributed by atoms with van der Waals surface area (Å²) in [5, 5.41) is 2.84. The van der Waals surface area contributed by atoms with Crippen molar-refractivity contribution in [1.29, 1.82) is 0 Å². The van der Waals surface area contributed by atoms with Crippen LogP contribution in [-0.2, 0) is 14.8 Å². The number of carbonyl (C=O) groups excluding carboxylic acids is 2. The lowest BCUT2D eigenvalue weighted by molar-refractivity contribution is -0.135. The third kappa shape index (κ3) is 5.83. The molecule has 2 N–H and O–H groups in total. The zero-order chi connectivity index (χ0) is 22.4. The van der Waals surface area contributed by atoms with Gasteiger partial charge in [0.15, 0.2) is 0 Å². The maximum absolute atomic E-state index is 13.1. The largest absolute Gasteiger partial charge is 0.338 e. The molecule has 1 saturated heterocycles. The van der Waals surface area contributed by atoms with Gasteiger partial charge in [0.2, 0.25) is 15.9 Å². The number of anilines is 1. The molecule has 1 fully saturated rings. The van der Waals surface area contributed by atoms with Crippen LogP contribution in [0.25, 0.3) is 0 Å². The van der Waals surface area contributed by atoms with Crippen molar-refractivity contribution >= 4 is 27.6 Å². The van der Waals surface area contributed by atoms with E-state index >= 15 is 0 Å². The average molecular weight is 445 g/mol. The Hall–Kier alpha value is -2.91. The van der Waals surface area contributed by atoms with E-state index in [1.54, 1.807) is 41.8 Å². The average Bonchev–Trinajstić information content (AvgIpc) is 2.78. The van der Waals surface area contributed by atoms with Gasteiger partial charge in [-0.2, -0.15) is 4.72 Å². The molecule has 166 valence electrons. The highest BCUT2D eigenvalue weighted by Crippen LogP contribution is 2.15. The van der Waals surface area contributed by atoms with Gasteiger partial charge in [-0.15, -0.1) is 0 Å². The minimum atomic E-state index is -3.82. The SMILES string of the molecule is CC(C)[C@H](NS(=O)(=O)c1ccccc1)C(=O)N1CCN(C(=O)Nc2ccccc2)CC1. The second-order valence-electron chi connectivity index (χ2n) is 7.76. The number of nitrogens with one attached hydrogen (secondary N) is 2. The molecule has 0 radical (unpaired) electrons. The van der Waals surface area contributed by atoms with Gasteiger partial charge in [0.1, 0.15) is 6.04 Å². The van der Waals surface area contributed by atoms with Crippen LogP contribution in [0.1, 0.15) is 13.8 Å². The first-order valence-electron chi connectivity index (χ1n) is 10.2. The summed E-state index contributed by atoms with van der Waals surface area (Å²) in [7, 11) is -3.82. The molecule has 0 spiro atoms. The highest BCUT2D eigenvalue weighted by atomic mass is 32.2. The summed E-state index contributed by atoms with van der Waals surface area (Å²) < 4.78 is 28.0. The number of nitrogens with zero attached hydrogens (tertiary/aromatic N) is 2. The van der Waals surface area contributed by atoms with Crippen LogP contribution in [0.5, 0.6) is 0 Å². The lowest BCUT2D eigenvalue weighted by Gasteiger charge is -2.37. The quantitative estimate of drug-likeness (QED) is 0.715. The normalized spacial score (nSPS) is 15.6. The van der Waals surface area contributed by atoms with Crippen molar-refractivity contribution in [3.8, 4) is 0 Å². The third-order valence-corrected chi connectivity index (χ3v) is 6.63. The molecule has 0 aromatic heterocycles. The van der Waals surface area contributed by atoms with Gasteiger partial charge in [0, 0.05) is 31.9 Å². The first kappa shape index (κ1) is 22.8. The lowest BCUT2D eigenvalue weighted by atomic mass is 10.0. The second-order valence-corrected chi connectivity index (χ2v) is 9.48. The van der Waals surface area contributed by atoms with Gasteiger partial charge < -0.3 is 15.1 Å². The molecule has 3 rings (SSSR count). The molecule has 2 aromatic rings. The van der Waals surface area contributed by atoms with E-state index in [2.05, 4.69) is 10.0 Å². The van der Waals surface area contributed by atoms with Crippen LogP contribution in [0, 0.1) is 5.92 Å². The molecule has 2 aromatic carbocycles. The Labute approximate surface area is 183 Å². The number of rotatable bonds is 6. The molecule has 0 saturated carbocycles. The Morgan fingerprint density at radius 2 is 1.35 bits per heavy atom. The van der Waals surface area contributed by atoms with Gasteiger partial charge in [0.05, 0.1) is 4.90 Å². The second kappa shape index (κ2) is 9.93. The Kier molecular flexibility index (Phi) is 7.29. The number of amides is 3. The Balaban J connectivity index is 1.60. The predicted octanol–water partition coefficient (Wildman–Crippen LogP) is 2.37. The molecule has 0 aliphatic carbocycles.